The Hall–Kier alpha value is -2.89. The van der Waals surface area contributed by atoms with Crippen LogP contribution in [0.1, 0.15) is 252 Å². The highest BCUT2D eigenvalue weighted by atomic mass is 16.6. The Labute approximate surface area is 377 Å². The predicted molar refractivity (Wildman–Crippen MR) is 261 cm³/mol. The molecule has 0 aromatic carbocycles. The molecular weight excluding hydrogens is 757 g/mol. The van der Waals surface area contributed by atoms with E-state index in [0.717, 1.165) is 70.6 Å². The average Bonchev–Trinajstić information content (AvgIpc) is 3.26. The molecule has 0 rings (SSSR count). The number of carbonyl (C=O) groups is 3. The molecule has 0 saturated carbocycles. The van der Waals surface area contributed by atoms with Gasteiger partial charge in [0, 0.05) is 12.8 Å². The number of hydrogen-bond donors (Lipinski definition) is 0. The van der Waals surface area contributed by atoms with Crippen molar-refractivity contribution >= 4 is 17.9 Å². The normalized spacial score (nSPS) is 12.5. The molecule has 1 unspecified atom stereocenters. The lowest BCUT2D eigenvalue weighted by Crippen LogP contribution is -2.30. The Morgan fingerprint density at radius 1 is 0.344 bits per heavy atom. The third-order valence-corrected chi connectivity index (χ3v) is 11.1. The van der Waals surface area contributed by atoms with Gasteiger partial charge in [0.15, 0.2) is 6.10 Å². The summed E-state index contributed by atoms with van der Waals surface area (Å²) in [4.78, 5) is 37.9. The number of carbonyl (C=O) groups excluding carboxylic acids is 3. The van der Waals surface area contributed by atoms with Gasteiger partial charge < -0.3 is 14.2 Å². The first-order chi connectivity index (χ1) is 30.0. The summed E-state index contributed by atoms with van der Waals surface area (Å²) in [6.45, 7) is 6.45. The van der Waals surface area contributed by atoms with E-state index >= 15 is 0 Å². The second kappa shape index (κ2) is 49.8. The molecule has 6 heteroatoms. The summed E-state index contributed by atoms with van der Waals surface area (Å²) < 4.78 is 16.7. The minimum Gasteiger partial charge on any atom is -0.462 e. The molecule has 6 nitrogen and oxygen atoms in total. The highest BCUT2D eigenvalue weighted by Crippen LogP contribution is 2.16. The summed E-state index contributed by atoms with van der Waals surface area (Å²) in [5, 5.41) is 0. The Morgan fingerprint density at radius 3 is 0.934 bits per heavy atom. The SMILES string of the molecule is CC/C=C\C/C=C\C/C=C\C/C=C\C/C=C\CC(=O)OC(COC(=O)CCCCCCCCCCCCCC)COC(=O)CCCCCCCCCCCCCCCCCC. The second-order valence-corrected chi connectivity index (χ2v) is 17.1. The zero-order chi connectivity index (χ0) is 44.4. The lowest BCUT2D eigenvalue weighted by Gasteiger charge is -2.18. The van der Waals surface area contributed by atoms with Gasteiger partial charge in [-0.25, -0.2) is 0 Å². The van der Waals surface area contributed by atoms with Gasteiger partial charge in [-0.15, -0.1) is 0 Å². The van der Waals surface area contributed by atoms with Crippen molar-refractivity contribution in [3.8, 4) is 0 Å². The number of hydrogen-bond acceptors (Lipinski definition) is 6. The largest absolute Gasteiger partial charge is 0.462 e. The first kappa shape index (κ1) is 58.1. The van der Waals surface area contributed by atoms with Crippen molar-refractivity contribution in [1.29, 1.82) is 0 Å². The molecule has 0 fully saturated rings. The first-order valence-corrected chi connectivity index (χ1v) is 25.8. The number of rotatable bonds is 46. The van der Waals surface area contributed by atoms with Crippen LogP contribution in [0.2, 0.25) is 0 Å². The van der Waals surface area contributed by atoms with Crippen molar-refractivity contribution < 1.29 is 28.6 Å². The van der Waals surface area contributed by atoms with E-state index in [9.17, 15) is 14.4 Å². The zero-order valence-electron chi connectivity index (χ0n) is 40.2. The Balaban J connectivity index is 4.46. The molecule has 0 radical (unpaired) electrons. The molecule has 0 aliphatic heterocycles. The van der Waals surface area contributed by atoms with Crippen molar-refractivity contribution in [2.75, 3.05) is 13.2 Å². The van der Waals surface area contributed by atoms with E-state index in [2.05, 4.69) is 69.4 Å². The minimum absolute atomic E-state index is 0.101. The monoisotopic (exact) mass is 853 g/mol. The number of ether oxygens (including phenoxy) is 3. The van der Waals surface area contributed by atoms with E-state index in [0.29, 0.717) is 12.8 Å². The van der Waals surface area contributed by atoms with Crippen LogP contribution in [-0.4, -0.2) is 37.2 Å². The highest BCUT2D eigenvalue weighted by Gasteiger charge is 2.19. The average molecular weight is 853 g/mol. The summed E-state index contributed by atoms with van der Waals surface area (Å²) in [5.74, 6) is -1.03. The standard InChI is InChI=1S/C55H96O6/c1-4-7-10-13-16-19-22-25-27-29-30-33-36-39-42-45-48-54(57)60-51-52(50-59-53(56)47-44-41-38-35-32-24-21-18-15-12-9-6-3)61-55(58)49-46-43-40-37-34-31-28-26-23-20-17-14-11-8-5-2/h8,11,17,20,26,28,34,37,43,46,52H,4-7,9-10,12-16,18-19,21-25,27,29-33,35-36,38-42,44-45,47-51H2,1-3H3/b11-8-,20-17-,28-26-,37-34-,46-43-. The molecule has 0 saturated heterocycles. The van der Waals surface area contributed by atoms with Crippen molar-refractivity contribution in [3.63, 3.8) is 0 Å². The second-order valence-electron chi connectivity index (χ2n) is 17.1. The van der Waals surface area contributed by atoms with Crippen molar-refractivity contribution in [2.45, 2.75) is 258 Å². The molecule has 0 aliphatic carbocycles. The summed E-state index contributed by atoms with van der Waals surface area (Å²) in [5.41, 5.74) is 0. The fourth-order valence-electron chi connectivity index (χ4n) is 7.22. The first-order valence-electron chi connectivity index (χ1n) is 25.8. The Bertz CT molecular complexity index is 1120. The van der Waals surface area contributed by atoms with E-state index in [1.807, 2.05) is 6.08 Å². The molecule has 61 heavy (non-hydrogen) atoms. The van der Waals surface area contributed by atoms with Crippen LogP contribution in [0.5, 0.6) is 0 Å². The van der Waals surface area contributed by atoms with Crippen molar-refractivity contribution in [3.05, 3.63) is 60.8 Å². The number of allylic oxidation sites excluding steroid dienone is 9. The van der Waals surface area contributed by atoms with Crippen LogP contribution >= 0.6 is 0 Å². The molecule has 0 bridgehead atoms. The third-order valence-electron chi connectivity index (χ3n) is 11.1. The fourth-order valence-corrected chi connectivity index (χ4v) is 7.22. The molecule has 0 amide bonds. The minimum atomic E-state index is -0.823. The maximum absolute atomic E-state index is 12.7. The molecule has 0 heterocycles. The predicted octanol–water partition coefficient (Wildman–Crippen LogP) is 16.9. The number of esters is 3. The number of unbranched alkanes of at least 4 members (excludes halogenated alkanes) is 26. The molecule has 1 atom stereocenters. The smallest absolute Gasteiger partial charge is 0.310 e. The summed E-state index contributed by atoms with van der Waals surface area (Å²) in [7, 11) is 0. The van der Waals surface area contributed by atoms with Crippen molar-refractivity contribution in [2.24, 2.45) is 0 Å². The van der Waals surface area contributed by atoms with Crippen LogP contribution in [0.4, 0.5) is 0 Å². The van der Waals surface area contributed by atoms with E-state index < -0.39 is 12.1 Å². The van der Waals surface area contributed by atoms with Crippen LogP contribution in [0.25, 0.3) is 0 Å². The zero-order valence-corrected chi connectivity index (χ0v) is 40.2. The van der Waals surface area contributed by atoms with Crippen LogP contribution < -0.4 is 0 Å². The summed E-state index contributed by atoms with van der Waals surface area (Å²) in [6.07, 6.45) is 60.9. The topological polar surface area (TPSA) is 78.9 Å². The van der Waals surface area contributed by atoms with Crippen LogP contribution in [-0.2, 0) is 28.6 Å². The van der Waals surface area contributed by atoms with Gasteiger partial charge >= 0.3 is 17.9 Å². The van der Waals surface area contributed by atoms with Gasteiger partial charge in [0.05, 0.1) is 6.42 Å². The maximum Gasteiger partial charge on any atom is 0.310 e. The lowest BCUT2D eigenvalue weighted by molar-refractivity contribution is -0.166. The van der Waals surface area contributed by atoms with Gasteiger partial charge in [-0.1, -0.05) is 248 Å². The van der Waals surface area contributed by atoms with Gasteiger partial charge in [0.2, 0.25) is 0 Å². The quantitative estimate of drug-likeness (QED) is 0.0263. The molecule has 0 spiro atoms. The fraction of sp³-hybridized carbons (Fsp3) is 0.764. The van der Waals surface area contributed by atoms with E-state index in [1.165, 1.54) is 141 Å². The molecular formula is C55H96O6. The summed E-state index contributed by atoms with van der Waals surface area (Å²) in [6, 6.07) is 0. The maximum atomic E-state index is 12.7. The molecule has 0 aromatic rings. The van der Waals surface area contributed by atoms with Crippen LogP contribution in [0.3, 0.4) is 0 Å². The lowest BCUT2D eigenvalue weighted by atomic mass is 10.0. The molecule has 0 N–H and O–H groups in total. The van der Waals surface area contributed by atoms with Gasteiger partial charge in [0.25, 0.3) is 0 Å². The molecule has 0 aliphatic rings. The van der Waals surface area contributed by atoms with Crippen LogP contribution in [0.15, 0.2) is 60.8 Å². The van der Waals surface area contributed by atoms with Gasteiger partial charge in [0.1, 0.15) is 13.2 Å². The van der Waals surface area contributed by atoms with E-state index in [1.54, 1.807) is 6.08 Å². The molecule has 352 valence electrons. The Kier molecular flexibility index (Phi) is 47.4. The van der Waals surface area contributed by atoms with E-state index in [-0.39, 0.29) is 31.6 Å². The van der Waals surface area contributed by atoms with Gasteiger partial charge in [-0.3, -0.25) is 14.4 Å². The Morgan fingerprint density at radius 2 is 0.623 bits per heavy atom. The van der Waals surface area contributed by atoms with Crippen LogP contribution in [0, 0.1) is 0 Å². The van der Waals surface area contributed by atoms with Crippen molar-refractivity contribution in [1.82, 2.24) is 0 Å². The van der Waals surface area contributed by atoms with Gasteiger partial charge in [-0.05, 0) is 44.9 Å². The van der Waals surface area contributed by atoms with E-state index in [4.69, 9.17) is 14.2 Å². The third kappa shape index (κ3) is 48.0. The summed E-state index contributed by atoms with van der Waals surface area (Å²) >= 11 is 0. The molecule has 0 aromatic heterocycles. The highest BCUT2D eigenvalue weighted by molar-refractivity contribution is 5.72. The van der Waals surface area contributed by atoms with Gasteiger partial charge in [-0.2, -0.15) is 0 Å².